The maximum atomic E-state index is 12.7. The molecule has 0 bridgehead atoms. The number of hydrogen-bond donors (Lipinski definition) is 1. The third-order valence-electron chi connectivity index (χ3n) is 8.68. The van der Waals surface area contributed by atoms with Crippen molar-refractivity contribution in [2.24, 2.45) is 0 Å². The topological polar surface area (TPSA) is 95.0 Å². The standard InChI is InChI=1S/C37H40N3O6P/c1-24-21-40(37(42)38-36(24)41)34-20-33(47(44-5)39(2)3)32(46-34)23-45-22-27-11-7-9-13-30(27)35-29-12-8-6-10-25(29)16-19-31(35)26-14-17-28(43-4)18-15-26/h6-19,21,32-34H,20,22-23H2,1-5H3,(H,38,41,42)/t32-,33-,34-,47?/m1/s1. The van der Waals surface area contributed by atoms with Crippen molar-refractivity contribution < 1.29 is 18.7 Å². The predicted octanol–water partition coefficient (Wildman–Crippen LogP) is 6.73. The molecular weight excluding hydrogens is 613 g/mol. The average molecular weight is 654 g/mol. The smallest absolute Gasteiger partial charge is 0.330 e. The minimum atomic E-state index is -1.03. The Balaban J connectivity index is 1.30. The molecule has 1 aromatic heterocycles. The van der Waals surface area contributed by atoms with Gasteiger partial charge in [-0.1, -0.05) is 72.8 Å². The van der Waals surface area contributed by atoms with E-state index in [0.717, 1.165) is 44.3 Å². The largest absolute Gasteiger partial charge is 0.497 e. The monoisotopic (exact) mass is 653 g/mol. The van der Waals surface area contributed by atoms with Crippen molar-refractivity contribution in [3.05, 3.63) is 123 Å². The fraction of sp³-hybridized carbons (Fsp3) is 0.297. The summed E-state index contributed by atoms with van der Waals surface area (Å²) in [5.41, 5.74) is 5.06. The molecule has 1 aliphatic rings. The van der Waals surface area contributed by atoms with Gasteiger partial charge in [0.1, 0.15) is 20.3 Å². The van der Waals surface area contributed by atoms with E-state index in [1.807, 2.05) is 32.3 Å². The van der Waals surface area contributed by atoms with E-state index < -0.39 is 25.8 Å². The normalized spacial score (nSPS) is 18.6. The van der Waals surface area contributed by atoms with Crippen LogP contribution in [0.25, 0.3) is 33.0 Å². The maximum Gasteiger partial charge on any atom is 0.330 e. The molecule has 1 N–H and O–H groups in total. The molecule has 0 spiro atoms. The Morgan fingerprint density at radius 2 is 1.68 bits per heavy atom. The second kappa shape index (κ2) is 14.3. The number of aromatic amines is 1. The number of H-pyrrole nitrogens is 1. The minimum absolute atomic E-state index is 0.0240. The number of ether oxygens (including phenoxy) is 3. The van der Waals surface area contributed by atoms with Crippen LogP contribution in [0.15, 0.2) is 101 Å². The molecular formula is C37H40N3O6P. The SMILES string of the molecule is COc1ccc(-c2ccc3ccccc3c2-c2ccccc2COC[C@H]2O[C@@H](n3cc(C)c(=O)[nH]c3=O)C[C@H]2P(OC)N(C)C)cc1. The first-order valence-corrected chi connectivity index (χ1v) is 16.9. The summed E-state index contributed by atoms with van der Waals surface area (Å²) in [5, 5.41) is 2.32. The summed E-state index contributed by atoms with van der Waals surface area (Å²) < 4.78 is 27.8. The molecule has 47 heavy (non-hydrogen) atoms. The molecule has 4 aromatic carbocycles. The molecule has 5 aromatic rings. The number of benzene rings is 4. The van der Waals surface area contributed by atoms with Gasteiger partial charge in [0.2, 0.25) is 0 Å². The summed E-state index contributed by atoms with van der Waals surface area (Å²) >= 11 is 0. The van der Waals surface area contributed by atoms with Gasteiger partial charge in [-0.15, -0.1) is 0 Å². The van der Waals surface area contributed by atoms with Crippen LogP contribution in [0.5, 0.6) is 5.75 Å². The third-order valence-corrected chi connectivity index (χ3v) is 11.0. The summed E-state index contributed by atoms with van der Waals surface area (Å²) in [6, 6.07) is 29.3. The van der Waals surface area contributed by atoms with Gasteiger partial charge in [0.25, 0.3) is 5.56 Å². The molecule has 2 heterocycles. The zero-order valence-electron chi connectivity index (χ0n) is 27.3. The molecule has 1 fully saturated rings. The quantitative estimate of drug-likeness (QED) is 0.158. The van der Waals surface area contributed by atoms with E-state index >= 15 is 0 Å². The highest BCUT2D eigenvalue weighted by molar-refractivity contribution is 7.50. The number of aryl methyl sites for hydroxylation is 1. The first kappa shape index (κ1) is 32.8. The lowest BCUT2D eigenvalue weighted by Crippen LogP contribution is -2.33. The highest BCUT2D eigenvalue weighted by Crippen LogP contribution is 2.52. The highest BCUT2D eigenvalue weighted by atomic mass is 31.2. The molecule has 1 aliphatic heterocycles. The van der Waals surface area contributed by atoms with E-state index in [1.54, 1.807) is 27.3 Å². The summed E-state index contributed by atoms with van der Waals surface area (Å²) in [7, 11) is 6.31. The summed E-state index contributed by atoms with van der Waals surface area (Å²) in [4.78, 5) is 27.2. The van der Waals surface area contributed by atoms with Crippen molar-refractivity contribution in [2.75, 3.05) is 34.9 Å². The number of hydrogen-bond acceptors (Lipinski definition) is 7. The van der Waals surface area contributed by atoms with Crippen molar-refractivity contribution in [1.29, 1.82) is 0 Å². The molecule has 0 aliphatic carbocycles. The van der Waals surface area contributed by atoms with Gasteiger partial charge >= 0.3 is 5.69 Å². The maximum absolute atomic E-state index is 12.7. The van der Waals surface area contributed by atoms with Crippen LogP contribution < -0.4 is 16.0 Å². The summed E-state index contributed by atoms with van der Waals surface area (Å²) in [6.45, 7) is 2.35. The van der Waals surface area contributed by atoms with Crippen molar-refractivity contribution in [1.82, 2.24) is 14.2 Å². The van der Waals surface area contributed by atoms with Gasteiger partial charge in [0.15, 0.2) is 0 Å². The number of nitrogens with one attached hydrogen (secondary N) is 1. The molecule has 6 rings (SSSR count). The van der Waals surface area contributed by atoms with E-state index in [1.165, 1.54) is 4.57 Å². The molecule has 1 unspecified atom stereocenters. The number of aromatic nitrogens is 2. The van der Waals surface area contributed by atoms with Gasteiger partial charge in [-0.05, 0) is 71.7 Å². The number of fused-ring (bicyclic) bond motifs is 1. The Hall–Kier alpha value is -4.11. The zero-order chi connectivity index (χ0) is 33.1. The molecule has 244 valence electrons. The van der Waals surface area contributed by atoms with Crippen LogP contribution in [0.2, 0.25) is 0 Å². The Bertz CT molecular complexity index is 1970. The fourth-order valence-electron chi connectivity index (χ4n) is 6.41. The fourth-order valence-corrected chi connectivity index (χ4v) is 8.40. The van der Waals surface area contributed by atoms with Crippen molar-refractivity contribution in [2.45, 2.75) is 37.9 Å². The Morgan fingerprint density at radius 3 is 2.43 bits per heavy atom. The zero-order valence-corrected chi connectivity index (χ0v) is 28.2. The van der Waals surface area contributed by atoms with Crippen molar-refractivity contribution >= 4 is 19.1 Å². The van der Waals surface area contributed by atoms with Crippen LogP contribution in [0, 0.1) is 6.92 Å². The van der Waals surface area contributed by atoms with Gasteiger partial charge in [0, 0.05) is 25.3 Å². The van der Waals surface area contributed by atoms with Gasteiger partial charge < -0.3 is 18.7 Å². The molecule has 0 amide bonds. The molecule has 0 radical (unpaired) electrons. The first-order chi connectivity index (χ1) is 22.8. The first-order valence-electron chi connectivity index (χ1n) is 15.6. The van der Waals surface area contributed by atoms with Gasteiger partial charge in [-0.3, -0.25) is 19.0 Å². The number of rotatable bonds is 11. The number of methoxy groups -OCH3 is 1. The van der Waals surface area contributed by atoms with Crippen LogP contribution in [0.1, 0.15) is 23.8 Å². The van der Waals surface area contributed by atoms with Crippen molar-refractivity contribution in [3.8, 4) is 28.0 Å². The van der Waals surface area contributed by atoms with Crippen molar-refractivity contribution in [3.63, 3.8) is 0 Å². The minimum Gasteiger partial charge on any atom is -0.497 e. The summed E-state index contributed by atoms with van der Waals surface area (Å²) in [5.74, 6) is 0.812. The van der Waals surface area contributed by atoms with Crippen LogP contribution in [0.4, 0.5) is 0 Å². The Labute approximate surface area is 275 Å². The van der Waals surface area contributed by atoms with Crippen LogP contribution in [-0.4, -0.2) is 60.9 Å². The van der Waals surface area contributed by atoms with Gasteiger partial charge in [-0.25, -0.2) is 4.79 Å². The molecule has 1 saturated heterocycles. The lowest BCUT2D eigenvalue weighted by atomic mass is 9.88. The van der Waals surface area contributed by atoms with E-state index in [-0.39, 0.29) is 11.8 Å². The van der Waals surface area contributed by atoms with Gasteiger partial charge in [0.05, 0.1) is 32.1 Å². The second-order valence-corrected chi connectivity index (χ2v) is 14.3. The highest BCUT2D eigenvalue weighted by Gasteiger charge is 2.43. The average Bonchev–Trinajstić information content (AvgIpc) is 3.49. The van der Waals surface area contributed by atoms with Crippen LogP contribution in [0.3, 0.4) is 0 Å². The lowest BCUT2D eigenvalue weighted by molar-refractivity contribution is -0.0460. The Kier molecular flexibility index (Phi) is 10.0. The van der Waals surface area contributed by atoms with Crippen LogP contribution >= 0.6 is 8.30 Å². The van der Waals surface area contributed by atoms with E-state index in [4.69, 9.17) is 18.7 Å². The molecule has 9 nitrogen and oxygen atoms in total. The predicted molar refractivity (Wildman–Crippen MR) is 187 cm³/mol. The second-order valence-electron chi connectivity index (χ2n) is 11.9. The molecule has 0 saturated carbocycles. The molecule has 4 atom stereocenters. The summed E-state index contributed by atoms with van der Waals surface area (Å²) in [6.07, 6.45) is 1.24. The van der Waals surface area contributed by atoms with E-state index in [9.17, 15) is 9.59 Å². The lowest BCUT2D eigenvalue weighted by Gasteiger charge is -2.30. The Morgan fingerprint density at radius 1 is 0.936 bits per heavy atom. The third kappa shape index (κ3) is 6.82. The van der Waals surface area contributed by atoms with Crippen LogP contribution in [-0.2, 0) is 20.6 Å². The van der Waals surface area contributed by atoms with E-state index in [2.05, 4.69) is 76.4 Å². The van der Waals surface area contributed by atoms with E-state index in [0.29, 0.717) is 25.2 Å². The molecule has 10 heteroatoms. The van der Waals surface area contributed by atoms with Gasteiger partial charge in [-0.2, -0.15) is 0 Å². The number of nitrogens with zero attached hydrogens (tertiary/aromatic N) is 2.